The van der Waals surface area contributed by atoms with E-state index in [1.807, 2.05) is 41.9 Å². The number of rotatable bonds is 4. The van der Waals surface area contributed by atoms with Gasteiger partial charge < -0.3 is 14.4 Å². The highest BCUT2D eigenvalue weighted by Gasteiger charge is 2.16. The predicted octanol–water partition coefficient (Wildman–Crippen LogP) is 1.58. The zero-order valence-electron chi connectivity index (χ0n) is 11.4. The van der Waals surface area contributed by atoms with Gasteiger partial charge in [-0.2, -0.15) is 0 Å². The van der Waals surface area contributed by atoms with Gasteiger partial charge in [0, 0.05) is 33.4 Å². The Balaban J connectivity index is 1.82. The van der Waals surface area contributed by atoms with E-state index in [0.717, 1.165) is 18.8 Å². The summed E-state index contributed by atoms with van der Waals surface area (Å²) in [4.78, 5) is 16.5. The molecule has 1 saturated heterocycles. The maximum Gasteiger partial charge on any atom is 0.270 e. The van der Waals surface area contributed by atoms with E-state index in [1.54, 1.807) is 0 Å². The van der Waals surface area contributed by atoms with Gasteiger partial charge in [-0.15, -0.1) is 0 Å². The topological polar surface area (TPSA) is 28.5 Å². The first-order valence-corrected chi connectivity index (χ1v) is 6.77. The molecule has 0 N–H and O–H groups in total. The fourth-order valence-corrected chi connectivity index (χ4v) is 2.45. The Hall–Kier alpha value is -1.29. The lowest BCUT2D eigenvalue weighted by molar-refractivity contribution is 0.0763. The van der Waals surface area contributed by atoms with Crippen molar-refractivity contribution in [2.75, 3.05) is 33.2 Å². The lowest BCUT2D eigenvalue weighted by atomic mass is 10.1. The van der Waals surface area contributed by atoms with Gasteiger partial charge in [0.2, 0.25) is 0 Å². The van der Waals surface area contributed by atoms with Crippen molar-refractivity contribution in [1.82, 2.24) is 14.4 Å². The van der Waals surface area contributed by atoms with E-state index in [4.69, 9.17) is 0 Å². The van der Waals surface area contributed by atoms with Crippen LogP contribution < -0.4 is 0 Å². The quantitative estimate of drug-likeness (QED) is 0.810. The number of carbonyl (C=O) groups excluding carboxylic acids is 1. The SMILES string of the molecule is CN(CCN1CCCCC1)C(=O)c1cccn1C. The molecule has 0 unspecified atom stereocenters. The van der Waals surface area contributed by atoms with Gasteiger partial charge in [0.1, 0.15) is 5.69 Å². The normalized spacial score (nSPS) is 16.8. The van der Waals surface area contributed by atoms with Crippen LogP contribution in [0.4, 0.5) is 0 Å². The summed E-state index contributed by atoms with van der Waals surface area (Å²) in [5.41, 5.74) is 0.760. The van der Waals surface area contributed by atoms with Gasteiger partial charge in [0.15, 0.2) is 0 Å². The highest BCUT2D eigenvalue weighted by Crippen LogP contribution is 2.09. The van der Waals surface area contributed by atoms with Crippen molar-refractivity contribution in [2.24, 2.45) is 7.05 Å². The van der Waals surface area contributed by atoms with Crippen molar-refractivity contribution < 1.29 is 4.79 Å². The number of amides is 1. The third kappa shape index (κ3) is 3.13. The summed E-state index contributed by atoms with van der Waals surface area (Å²) in [5.74, 6) is 0.111. The van der Waals surface area contributed by atoms with Crippen molar-refractivity contribution in [2.45, 2.75) is 19.3 Å². The molecule has 0 saturated carbocycles. The van der Waals surface area contributed by atoms with Crippen LogP contribution in [-0.4, -0.2) is 53.5 Å². The predicted molar refractivity (Wildman–Crippen MR) is 72.7 cm³/mol. The van der Waals surface area contributed by atoms with Crippen molar-refractivity contribution in [3.8, 4) is 0 Å². The summed E-state index contributed by atoms with van der Waals surface area (Å²) in [5, 5.41) is 0. The number of aromatic nitrogens is 1. The fraction of sp³-hybridized carbons (Fsp3) is 0.643. The van der Waals surface area contributed by atoms with Crippen LogP contribution in [0.1, 0.15) is 29.8 Å². The maximum atomic E-state index is 12.2. The average Bonchev–Trinajstić information content (AvgIpc) is 2.82. The number of aryl methyl sites for hydroxylation is 1. The lowest BCUT2D eigenvalue weighted by Gasteiger charge is -2.28. The highest BCUT2D eigenvalue weighted by molar-refractivity contribution is 5.92. The molecule has 1 fully saturated rings. The second kappa shape index (κ2) is 6.05. The molecule has 1 amide bonds. The van der Waals surface area contributed by atoms with Gasteiger partial charge in [0.05, 0.1) is 0 Å². The first-order valence-electron chi connectivity index (χ1n) is 6.77. The van der Waals surface area contributed by atoms with Crippen LogP contribution in [0.15, 0.2) is 18.3 Å². The molecule has 1 aromatic heterocycles. The molecule has 4 heteroatoms. The molecule has 0 radical (unpaired) electrons. The van der Waals surface area contributed by atoms with Crippen molar-refractivity contribution in [3.05, 3.63) is 24.0 Å². The number of hydrogen-bond acceptors (Lipinski definition) is 2. The Bertz CT molecular complexity index is 393. The summed E-state index contributed by atoms with van der Waals surface area (Å²) in [6.45, 7) is 4.18. The van der Waals surface area contributed by atoms with Crippen LogP contribution in [0.5, 0.6) is 0 Å². The molecule has 18 heavy (non-hydrogen) atoms. The number of hydrogen-bond donors (Lipinski definition) is 0. The van der Waals surface area contributed by atoms with E-state index in [2.05, 4.69) is 4.90 Å². The zero-order chi connectivity index (χ0) is 13.0. The molecule has 0 atom stereocenters. The van der Waals surface area contributed by atoms with Crippen LogP contribution in [0.25, 0.3) is 0 Å². The minimum absolute atomic E-state index is 0.111. The van der Waals surface area contributed by atoms with Gasteiger partial charge in [-0.1, -0.05) is 6.42 Å². The Morgan fingerprint density at radius 1 is 1.33 bits per heavy atom. The Morgan fingerprint density at radius 2 is 2.06 bits per heavy atom. The zero-order valence-corrected chi connectivity index (χ0v) is 11.4. The van der Waals surface area contributed by atoms with Crippen molar-refractivity contribution in [1.29, 1.82) is 0 Å². The van der Waals surface area contributed by atoms with E-state index in [1.165, 1.54) is 32.4 Å². The minimum Gasteiger partial charge on any atom is -0.347 e. The summed E-state index contributed by atoms with van der Waals surface area (Å²) < 4.78 is 1.87. The first kappa shape index (κ1) is 13.1. The number of nitrogens with zero attached hydrogens (tertiary/aromatic N) is 3. The number of carbonyl (C=O) groups is 1. The molecule has 0 spiro atoms. The number of likely N-dealkylation sites (N-methyl/N-ethyl adjacent to an activating group) is 1. The van der Waals surface area contributed by atoms with Gasteiger partial charge in [-0.3, -0.25) is 4.79 Å². The number of piperidine rings is 1. The van der Waals surface area contributed by atoms with Crippen LogP contribution >= 0.6 is 0 Å². The molecule has 100 valence electrons. The second-order valence-electron chi connectivity index (χ2n) is 5.13. The van der Waals surface area contributed by atoms with E-state index in [-0.39, 0.29) is 5.91 Å². The van der Waals surface area contributed by atoms with E-state index >= 15 is 0 Å². The fourth-order valence-electron chi connectivity index (χ4n) is 2.45. The van der Waals surface area contributed by atoms with Crippen LogP contribution in [0.2, 0.25) is 0 Å². The maximum absolute atomic E-state index is 12.2. The first-order chi connectivity index (χ1) is 8.68. The van der Waals surface area contributed by atoms with E-state index in [9.17, 15) is 4.79 Å². The molecule has 1 aliphatic rings. The largest absolute Gasteiger partial charge is 0.347 e. The molecule has 4 nitrogen and oxygen atoms in total. The highest BCUT2D eigenvalue weighted by atomic mass is 16.2. The molecule has 0 aromatic carbocycles. The van der Waals surface area contributed by atoms with E-state index in [0.29, 0.717) is 0 Å². The van der Waals surface area contributed by atoms with Gasteiger partial charge in [0.25, 0.3) is 5.91 Å². The van der Waals surface area contributed by atoms with Gasteiger partial charge in [-0.25, -0.2) is 0 Å². The monoisotopic (exact) mass is 249 g/mol. The van der Waals surface area contributed by atoms with Gasteiger partial charge in [-0.05, 0) is 38.1 Å². The summed E-state index contributed by atoms with van der Waals surface area (Å²) in [7, 11) is 3.80. The molecular formula is C14H23N3O. The Labute approximate surface area is 109 Å². The third-order valence-corrected chi connectivity index (χ3v) is 3.71. The summed E-state index contributed by atoms with van der Waals surface area (Å²) in [6.07, 6.45) is 5.87. The molecule has 2 rings (SSSR count). The Kier molecular flexibility index (Phi) is 4.42. The van der Waals surface area contributed by atoms with Crippen LogP contribution in [0.3, 0.4) is 0 Å². The molecular weight excluding hydrogens is 226 g/mol. The van der Waals surface area contributed by atoms with Crippen molar-refractivity contribution >= 4 is 5.91 Å². The van der Waals surface area contributed by atoms with Crippen LogP contribution in [0, 0.1) is 0 Å². The molecule has 0 aliphatic carbocycles. The molecule has 1 aromatic rings. The number of likely N-dealkylation sites (tertiary alicyclic amines) is 1. The Morgan fingerprint density at radius 3 is 2.67 bits per heavy atom. The van der Waals surface area contributed by atoms with Crippen molar-refractivity contribution in [3.63, 3.8) is 0 Å². The summed E-state index contributed by atoms with van der Waals surface area (Å²) in [6, 6.07) is 3.78. The van der Waals surface area contributed by atoms with E-state index < -0.39 is 0 Å². The standard InChI is InChI=1S/C14H23N3O/c1-15-8-6-7-13(15)14(18)16(2)11-12-17-9-4-3-5-10-17/h6-8H,3-5,9-12H2,1-2H3. The minimum atomic E-state index is 0.111. The summed E-state index contributed by atoms with van der Waals surface area (Å²) >= 11 is 0. The molecule has 1 aliphatic heterocycles. The third-order valence-electron chi connectivity index (χ3n) is 3.71. The average molecular weight is 249 g/mol. The lowest BCUT2D eigenvalue weighted by Crippen LogP contribution is -2.39. The van der Waals surface area contributed by atoms with Crippen LogP contribution in [-0.2, 0) is 7.05 Å². The molecule has 0 bridgehead atoms. The smallest absolute Gasteiger partial charge is 0.270 e. The molecule has 2 heterocycles. The van der Waals surface area contributed by atoms with Gasteiger partial charge >= 0.3 is 0 Å². The second-order valence-corrected chi connectivity index (χ2v) is 5.13.